The Morgan fingerprint density at radius 1 is 1.35 bits per heavy atom. The number of aromatic nitrogens is 1. The van der Waals surface area contributed by atoms with Crippen LogP contribution in [0, 0.1) is 0 Å². The van der Waals surface area contributed by atoms with Gasteiger partial charge in [-0.25, -0.2) is 0 Å². The van der Waals surface area contributed by atoms with E-state index in [1.165, 1.54) is 11.3 Å². The topological polar surface area (TPSA) is 43.6 Å². The number of allylic oxidation sites excluding steroid dienone is 1. The number of hydrogen-bond acceptors (Lipinski definition) is 4. The highest BCUT2D eigenvalue weighted by Gasteiger charge is 2.12. The Labute approximate surface area is 160 Å². The highest BCUT2D eigenvalue weighted by molar-refractivity contribution is 7.98. The molecular weight excluding hydrogens is 364 g/mol. The number of nitrogens with zero attached hydrogens (tertiary/aromatic N) is 2. The second-order valence-electron chi connectivity index (χ2n) is 5.46. The minimum Gasteiger partial charge on any atom is -0.494 e. The first kappa shape index (κ1) is 18.5. The number of hydrogen-bond donors (Lipinski definition) is 0. The van der Waals surface area contributed by atoms with Crippen molar-refractivity contribution in [2.75, 3.05) is 12.9 Å². The molecule has 0 fully saturated rings. The van der Waals surface area contributed by atoms with E-state index in [4.69, 9.17) is 4.74 Å². The minimum atomic E-state index is -0.232. The third kappa shape index (κ3) is 3.76. The highest BCUT2D eigenvalue weighted by Crippen LogP contribution is 2.24. The lowest BCUT2D eigenvalue weighted by Gasteiger charge is -2.04. The van der Waals surface area contributed by atoms with Crippen LogP contribution in [0.4, 0.5) is 0 Å². The van der Waals surface area contributed by atoms with Crippen LogP contribution in [0.15, 0.2) is 65.0 Å². The van der Waals surface area contributed by atoms with Crippen LogP contribution in [0.5, 0.6) is 5.75 Å². The summed E-state index contributed by atoms with van der Waals surface area (Å²) in [5.41, 5.74) is 1.64. The van der Waals surface area contributed by atoms with E-state index in [9.17, 15) is 4.79 Å². The molecule has 3 aromatic rings. The van der Waals surface area contributed by atoms with Gasteiger partial charge in [-0.05, 0) is 43.5 Å². The summed E-state index contributed by atoms with van der Waals surface area (Å²) in [5.74, 6) is 0.585. The molecule has 0 unspecified atom stereocenters. The van der Waals surface area contributed by atoms with Gasteiger partial charge < -0.3 is 9.30 Å². The molecule has 1 amide bonds. The monoisotopic (exact) mass is 384 g/mol. The fraction of sp³-hybridized carbons (Fsp3) is 0.200. The molecule has 0 saturated heterocycles. The van der Waals surface area contributed by atoms with Crippen molar-refractivity contribution >= 4 is 39.2 Å². The Balaban J connectivity index is 2.13. The third-order valence-electron chi connectivity index (χ3n) is 3.81. The highest BCUT2D eigenvalue weighted by atomic mass is 32.2. The molecule has 0 bridgehead atoms. The van der Waals surface area contributed by atoms with Gasteiger partial charge in [-0.1, -0.05) is 29.5 Å². The first-order chi connectivity index (χ1) is 12.7. The average Bonchev–Trinajstić information content (AvgIpc) is 2.98. The maximum absolute atomic E-state index is 12.8. The normalized spacial score (nSPS) is 11.7. The lowest BCUT2D eigenvalue weighted by atomic mass is 10.2. The first-order valence-electron chi connectivity index (χ1n) is 8.27. The largest absolute Gasteiger partial charge is 0.494 e. The Hall–Kier alpha value is -2.31. The molecule has 26 heavy (non-hydrogen) atoms. The van der Waals surface area contributed by atoms with Crippen molar-refractivity contribution in [1.29, 1.82) is 0 Å². The van der Waals surface area contributed by atoms with E-state index in [0.717, 1.165) is 20.9 Å². The van der Waals surface area contributed by atoms with Crippen LogP contribution < -0.4 is 9.54 Å². The minimum absolute atomic E-state index is 0.232. The molecule has 0 aliphatic rings. The number of thioether (sulfide) groups is 1. The molecule has 2 aromatic carbocycles. The van der Waals surface area contributed by atoms with E-state index in [2.05, 4.69) is 11.6 Å². The van der Waals surface area contributed by atoms with Crippen LogP contribution in [0.1, 0.15) is 17.3 Å². The molecule has 6 heteroatoms. The molecule has 0 spiro atoms. The van der Waals surface area contributed by atoms with Gasteiger partial charge in [-0.3, -0.25) is 4.79 Å². The number of benzene rings is 2. The zero-order valence-corrected chi connectivity index (χ0v) is 16.4. The number of fused-ring (bicyclic) bond motifs is 1. The molecule has 0 N–H and O–H groups in total. The summed E-state index contributed by atoms with van der Waals surface area (Å²) in [6, 6.07) is 13.5. The quantitative estimate of drug-likeness (QED) is 0.455. The number of ether oxygens (including phenoxy) is 1. The summed E-state index contributed by atoms with van der Waals surface area (Å²) in [4.78, 5) is 18.8. The number of carbonyl (C=O) groups is 1. The molecule has 134 valence electrons. The number of thiazole rings is 1. The molecule has 3 rings (SSSR count). The van der Waals surface area contributed by atoms with Crippen molar-refractivity contribution in [3.05, 3.63) is 65.5 Å². The molecular formula is C20H20N2O2S2. The van der Waals surface area contributed by atoms with E-state index in [1.807, 2.05) is 66.3 Å². The number of amides is 1. The Kier molecular flexibility index (Phi) is 5.96. The number of rotatable bonds is 6. The zero-order valence-electron chi connectivity index (χ0n) is 14.8. The molecule has 1 aromatic heterocycles. The molecule has 0 radical (unpaired) electrons. The van der Waals surface area contributed by atoms with Crippen molar-refractivity contribution in [2.45, 2.75) is 18.4 Å². The van der Waals surface area contributed by atoms with Gasteiger partial charge in [0.05, 0.1) is 22.4 Å². The second kappa shape index (κ2) is 8.38. The smallest absolute Gasteiger partial charge is 0.280 e. The van der Waals surface area contributed by atoms with Crippen molar-refractivity contribution in [2.24, 2.45) is 4.99 Å². The van der Waals surface area contributed by atoms with Crippen molar-refractivity contribution < 1.29 is 9.53 Å². The third-order valence-corrected chi connectivity index (χ3v) is 5.65. The lowest BCUT2D eigenvalue weighted by Crippen LogP contribution is -2.16. The molecule has 0 saturated carbocycles. The predicted molar refractivity (Wildman–Crippen MR) is 109 cm³/mol. The van der Waals surface area contributed by atoms with Crippen LogP contribution in [0.25, 0.3) is 10.2 Å². The van der Waals surface area contributed by atoms with Gasteiger partial charge in [0, 0.05) is 11.4 Å². The Morgan fingerprint density at radius 3 is 2.88 bits per heavy atom. The average molecular weight is 385 g/mol. The lowest BCUT2D eigenvalue weighted by molar-refractivity contribution is 0.0995. The molecule has 0 aliphatic carbocycles. The van der Waals surface area contributed by atoms with Gasteiger partial charge in [0.1, 0.15) is 5.75 Å². The maximum atomic E-state index is 12.8. The van der Waals surface area contributed by atoms with Gasteiger partial charge >= 0.3 is 0 Å². The molecule has 1 heterocycles. The van der Waals surface area contributed by atoms with Crippen LogP contribution in [0.2, 0.25) is 0 Å². The molecule has 4 nitrogen and oxygen atoms in total. The first-order valence-corrected chi connectivity index (χ1v) is 10.3. The van der Waals surface area contributed by atoms with Crippen molar-refractivity contribution in [3.8, 4) is 5.75 Å². The summed E-state index contributed by atoms with van der Waals surface area (Å²) in [6.07, 6.45) is 3.76. The predicted octanol–water partition coefficient (Wildman–Crippen LogP) is 4.75. The van der Waals surface area contributed by atoms with Crippen LogP contribution in [-0.4, -0.2) is 23.3 Å². The summed E-state index contributed by atoms with van der Waals surface area (Å²) >= 11 is 3.03. The molecule has 0 aliphatic heterocycles. The van der Waals surface area contributed by atoms with Crippen LogP contribution >= 0.6 is 23.1 Å². The van der Waals surface area contributed by atoms with Gasteiger partial charge in [-0.15, -0.1) is 18.3 Å². The standard InChI is InChI=1S/C20H20N2O2S2/c1-4-12-22-16-11-10-14(24-5-2)13-18(16)26-20(22)21-19(23)15-8-6-7-9-17(15)25-3/h4,6-11,13H,1,5,12H2,2-3H3. The van der Waals surface area contributed by atoms with Gasteiger partial charge in [0.15, 0.2) is 4.80 Å². The fourth-order valence-electron chi connectivity index (χ4n) is 2.67. The van der Waals surface area contributed by atoms with Crippen molar-refractivity contribution in [3.63, 3.8) is 0 Å². The van der Waals surface area contributed by atoms with E-state index < -0.39 is 0 Å². The Morgan fingerprint density at radius 2 is 2.15 bits per heavy atom. The summed E-state index contributed by atoms with van der Waals surface area (Å²) in [6.45, 7) is 6.99. The molecule has 0 atom stereocenters. The van der Waals surface area contributed by atoms with E-state index in [1.54, 1.807) is 11.8 Å². The van der Waals surface area contributed by atoms with E-state index >= 15 is 0 Å². The van der Waals surface area contributed by atoms with Crippen LogP contribution in [0.3, 0.4) is 0 Å². The second-order valence-corrected chi connectivity index (χ2v) is 7.32. The Bertz CT molecular complexity index is 1020. The summed E-state index contributed by atoms with van der Waals surface area (Å²) in [7, 11) is 0. The SMILES string of the molecule is C=CCn1c(=NC(=O)c2ccccc2SC)sc2cc(OCC)ccc21. The van der Waals surface area contributed by atoms with Gasteiger partial charge in [-0.2, -0.15) is 4.99 Å². The maximum Gasteiger partial charge on any atom is 0.280 e. The number of carbonyl (C=O) groups excluding carboxylic acids is 1. The summed E-state index contributed by atoms with van der Waals surface area (Å²) < 4.78 is 8.61. The van der Waals surface area contributed by atoms with E-state index in [-0.39, 0.29) is 5.91 Å². The summed E-state index contributed by atoms with van der Waals surface area (Å²) in [5, 5.41) is 0. The van der Waals surface area contributed by atoms with Crippen molar-refractivity contribution in [1.82, 2.24) is 4.57 Å². The van der Waals surface area contributed by atoms with Gasteiger partial charge in [0.25, 0.3) is 5.91 Å². The zero-order chi connectivity index (χ0) is 18.5. The van der Waals surface area contributed by atoms with Crippen LogP contribution in [-0.2, 0) is 6.54 Å². The fourth-order valence-corrected chi connectivity index (χ4v) is 4.33. The van der Waals surface area contributed by atoms with E-state index in [0.29, 0.717) is 23.5 Å². The van der Waals surface area contributed by atoms with Gasteiger partial charge in [0.2, 0.25) is 0 Å².